The summed E-state index contributed by atoms with van der Waals surface area (Å²) in [5.74, 6) is 2.92. The van der Waals surface area contributed by atoms with Gasteiger partial charge < -0.3 is 19.3 Å². The highest BCUT2D eigenvalue weighted by atomic mass is 16.5. The van der Waals surface area contributed by atoms with E-state index in [2.05, 4.69) is 46.3 Å². The number of nitrogens with zero attached hydrogens (tertiary/aromatic N) is 4. The maximum absolute atomic E-state index is 12.7. The Balaban J connectivity index is 1.08. The second kappa shape index (κ2) is 11.6. The molecule has 0 bridgehead atoms. The molecule has 1 aliphatic rings. The number of amides is 1. The van der Waals surface area contributed by atoms with Crippen LogP contribution in [0, 0.1) is 0 Å². The summed E-state index contributed by atoms with van der Waals surface area (Å²) in [7, 11) is 0. The number of hydrogen-bond acceptors (Lipinski definition) is 6. The fourth-order valence-electron chi connectivity index (χ4n) is 4.21. The van der Waals surface area contributed by atoms with E-state index in [0.29, 0.717) is 37.7 Å². The second-order valence-electron chi connectivity index (χ2n) is 8.87. The fraction of sp³-hybridized carbons (Fsp3) is 0.233. The van der Waals surface area contributed by atoms with Crippen LogP contribution in [0.5, 0.6) is 17.2 Å². The van der Waals surface area contributed by atoms with Gasteiger partial charge in [-0.1, -0.05) is 49.4 Å². The molecule has 1 fully saturated rings. The number of carbonyl (C=O) groups is 1. The molecule has 2 heterocycles. The topological polar surface area (TPSA) is 67.8 Å². The first kappa shape index (κ1) is 24.3. The quantitative estimate of drug-likeness (QED) is 0.334. The minimum atomic E-state index is -0.0266. The highest BCUT2D eigenvalue weighted by Gasteiger charge is 2.22. The number of aromatic nitrogens is 2. The van der Waals surface area contributed by atoms with Crippen LogP contribution in [0.1, 0.15) is 12.5 Å². The molecule has 188 valence electrons. The third kappa shape index (κ3) is 6.25. The van der Waals surface area contributed by atoms with Crippen LogP contribution in [0.4, 0.5) is 5.82 Å². The van der Waals surface area contributed by atoms with E-state index in [-0.39, 0.29) is 12.5 Å². The summed E-state index contributed by atoms with van der Waals surface area (Å²) in [6.45, 7) is 4.80. The molecule has 0 aliphatic carbocycles. The van der Waals surface area contributed by atoms with Gasteiger partial charge in [0.2, 0.25) is 0 Å². The van der Waals surface area contributed by atoms with Crippen molar-refractivity contribution in [2.24, 2.45) is 0 Å². The molecule has 7 nitrogen and oxygen atoms in total. The Morgan fingerprint density at radius 2 is 1.43 bits per heavy atom. The molecule has 4 aromatic rings. The zero-order valence-corrected chi connectivity index (χ0v) is 20.9. The van der Waals surface area contributed by atoms with Crippen molar-refractivity contribution < 1.29 is 14.3 Å². The Morgan fingerprint density at radius 3 is 2.08 bits per heavy atom. The van der Waals surface area contributed by atoms with E-state index in [0.717, 1.165) is 29.2 Å². The first-order chi connectivity index (χ1) is 18.2. The van der Waals surface area contributed by atoms with Gasteiger partial charge >= 0.3 is 0 Å². The maximum atomic E-state index is 12.7. The predicted molar refractivity (Wildman–Crippen MR) is 144 cm³/mol. The lowest BCUT2D eigenvalue weighted by Gasteiger charge is -2.35. The SMILES string of the molecule is CCc1ccc(-c2ccc(N3CCN(C(=O)COc4ccc(Oc5ccccc5)cc4)CC3)nn2)cc1. The molecular weight excluding hydrogens is 464 g/mol. The van der Waals surface area contributed by atoms with Crippen molar-refractivity contribution in [1.29, 1.82) is 0 Å². The van der Waals surface area contributed by atoms with Gasteiger partial charge in [0.1, 0.15) is 17.2 Å². The predicted octanol–water partition coefficient (Wildman–Crippen LogP) is 5.23. The highest BCUT2D eigenvalue weighted by Crippen LogP contribution is 2.24. The molecule has 0 atom stereocenters. The van der Waals surface area contributed by atoms with Gasteiger partial charge in [-0.15, -0.1) is 10.2 Å². The van der Waals surface area contributed by atoms with Crippen molar-refractivity contribution in [2.75, 3.05) is 37.7 Å². The summed E-state index contributed by atoms with van der Waals surface area (Å²) >= 11 is 0. The summed E-state index contributed by atoms with van der Waals surface area (Å²) in [4.78, 5) is 16.7. The van der Waals surface area contributed by atoms with Gasteiger partial charge in [0, 0.05) is 31.7 Å². The number of ether oxygens (including phenoxy) is 2. The Morgan fingerprint density at radius 1 is 0.757 bits per heavy atom. The number of rotatable bonds is 8. The van der Waals surface area contributed by atoms with Crippen molar-refractivity contribution in [3.63, 3.8) is 0 Å². The molecule has 1 saturated heterocycles. The van der Waals surface area contributed by atoms with Gasteiger partial charge in [-0.3, -0.25) is 4.79 Å². The lowest BCUT2D eigenvalue weighted by molar-refractivity contribution is -0.133. The van der Waals surface area contributed by atoms with E-state index in [1.807, 2.05) is 71.6 Å². The van der Waals surface area contributed by atoms with Crippen molar-refractivity contribution in [3.8, 4) is 28.5 Å². The molecule has 7 heteroatoms. The molecule has 1 aliphatic heterocycles. The molecule has 0 unspecified atom stereocenters. The van der Waals surface area contributed by atoms with Gasteiger partial charge in [0.15, 0.2) is 12.4 Å². The van der Waals surface area contributed by atoms with Crippen LogP contribution in [-0.2, 0) is 11.2 Å². The number of piperazine rings is 1. The lowest BCUT2D eigenvalue weighted by Crippen LogP contribution is -2.50. The first-order valence-electron chi connectivity index (χ1n) is 12.6. The molecular formula is C30H30N4O3. The third-order valence-corrected chi connectivity index (χ3v) is 6.43. The van der Waals surface area contributed by atoms with Crippen LogP contribution < -0.4 is 14.4 Å². The normalized spacial score (nSPS) is 13.3. The highest BCUT2D eigenvalue weighted by molar-refractivity contribution is 5.78. The minimum absolute atomic E-state index is 0.00418. The molecule has 5 rings (SSSR count). The second-order valence-corrected chi connectivity index (χ2v) is 8.87. The zero-order valence-electron chi connectivity index (χ0n) is 20.9. The Bertz CT molecular complexity index is 1290. The molecule has 3 aromatic carbocycles. The number of carbonyl (C=O) groups excluding carboxylic acids is 1. The summed E-state index contributed by atoms with van der Waals surface area (Å²) in [5.41, 5.74) is 3.22. The Hall–Kier alpha value is -4.39. The summed E-state index contributed by atoms with van der Waals surface area (Å²) in [6, 6.07) is 29.3. The van der Waals surface area contributed by atoms with E-state index in [9.17, 15) is 4.79 Å². The zero-order chi connectivity index (χ0) is 25.5. The number of benzene rings is 3. The van der Waals surface area contributed by atoms with Gasteiger partial charge in [0.25, 0.3) is 5.91 Å². The standard InChI is InChI=1S/C30H30N4O3/c1-2-23-8-10-24(11-9-23)28-16-17-29(32-31-28)33-18-20-34(21-19-33)30(35)22-36-25-12-14-27(15-13-25)37-26-6-4-3-5-7-26/h3-17H,2,18-22H2,1H3. The Kier molecular flexibility index (Phi) is 7.60. The summed E-state index contributed by atoms with van der Waals surface area (Å²) in [5, 5.41) is 8.86. The monoisotopic (exact) mass is 494 g/mol. The van der Waals surface area contributed by atoms with Gasteiger partial charge in [-0.05, 0) is 60.5 Å². The molecule has 1 amide bonds. The van der Waals surface area contributed by atoms with E-state index in [1.165, 1.54) is 5.56 Å². The van der Waals surface area contributed by atoms with E-state index >= 15 is 0 Å². The minimum Gasteiger partial charge on any atom is -0.484 e. The van der Waals surface area contributed by atoms with Crippen molar-refractivity contribution >= 4 is 11.7 Å². The van der Waals surface area contributed by atoms with Crippen LogP contribution in [0.15, 0.2) is 91.0 Å². The van der Waals surface area contributed by atoms with Crippen LogP contribution in [-0.4, -0.2) is 53.8 Å². The smallest absolute Gasteiger partial charge is 0.260 e. The van der Waals surface area contributed by atoms with Crippen molar-refractivity contribution in [3.05, 3.63) is 96.6 Å². The van der Waals surface area contributed by atoms with Crippen LogP contribution >= 0.6 is 0 Å². The molecule has 1 aromatic heterocycles. The lowest BCUT2D eigenvalue weighted by atomic mass is 10.1. The molecule has 37 heavy (non-hydrogen) atoms. The average molecular weight is 495 g/mol. The van der Waals surface area contributed by atoms with Crippen LogP contribution in [0.3, 0.4) is 0 Å². The van der Waals surface area contributed by atoms with Gasteiger partial charge in [0.05, 0.1) is 5.69 Å². The van der Waals surface area contributed by atoms with Gasteiger partial charge in [-0.2, -0.15) is 0 Å². The van der Waals surface area contributed by atoms with Crippen molar-refractivity contribution in [1.82, 2.24) is 15.1 Å². The third-order valence-electron chi connectivity index (χ3n) is 6.43. The number of aryl methyl sites for hydroxylation is 1. The van der Waals surface area contributed by atoms with E-state index < -0.39 is 0 Å². The average Bonchev–Trinajstić information content (AvgIpc) is 2.97. The van der Waals surface area contributed by atoms with E-state index in [1.54, 1.807) is 0 Å². The molecule has 0 saturated carbocycles. The number of anilines is 1. The van der Waals surface area contributed by atoms with Gasteiger partial charge in [-0.25, -0.2) is 0 Å². The Labute approximate surface area is 217 Å². The molecule has 0 radical (unpaired) electrons. The van der Waals surface area contributed by atoms with Crippen LogP contribution in [0.2, 0.25) is 0 Å². The maximum Gasteiger partial charge on any atom is 0.260 e. The number of hydrogen-bond donors (Lipinski definition) is 0. The first-order valence-corrected chi connectivity index (χ1v) is 12.6. The molecule has 0 spiro atoms. The van der Waals surface area contributed by atoms with Crippen LogP contribution in [0.25, 0.3) is 11.3 Å². The largest absolute Gasteiger partial charge is 0.484 e. The fourth-order valence-corrected chi connectivity index (χ4v) is 4.21. The van der Waals surface area contributed by atoms with E-state index in [4.69, 9.17) is 9.47 Å². The summed E-state index contributed by atoms with van der Waals surface area (Å²) < 4.78 is 11.5. The number of para-hydroxylation sites is 1. The summed E-state index contributed by atoms with van der Waals surface area (Å²) in [6.07, 6.45) is 1.02. The van der Waals surface area contributed by atoms with Crippen molar-refractivity contribution in [2.45, 2.75) is 13.3 Å². The molecule has 0 N–H and O–H groups in total.